The predicted octanol–water partition coefficient (Wildman–Crippen LogP) is 27.0. The molecule has 0 aromatic carbocycles. The molecule has 5 atom stereocenters. The Labute approximate surface area is 658 Å². The van der Waals surface area contributed by atoms with Gasteiger partial charge in [0.05, 0.1) is 26.4 Å². The highest BCUT2D eigenvalue weighted by atomic mass is 31.2. The number of unbranched alkanes of at least 4 members (excludes halogenated alkanes) is 57. The summed E-state index contributed by atoms with van der Waals surface area (Å²) in [7, 11) is -9.93. The fraction of sp³-hybridized carbons (Fsp3) is 0.955. The predicted molar refractivity (Wildman–Crippen MR) is 442 cm³/mol. The third kappa shape index (κ3) is 81.9. The summed E-state index contributed by atoms with van der Waals surface area (Å²) >= 11 is 0. The lowest BCUT2D eigenvalue weighted by atomic mass is 10.0. The topological polar surface area (TPSA) is 237 Å². The van der Waals surface area contributed by atoms with Gasteiger partial charge in [0.15, 0.2) is 12.2 Å². The lowest BCUT2D eigenvalue weighted by Gasteiger charge is -2.21. The number of esters is 4. The molecule has 2 unspecified atom stereocenters. The molecule has 0 radical (unpaired) electrons. The highest BCUT2D eigenvalue weighted by Crippen LogP contribution is 2.45. The molecule has 636 valence electrons. The number of aliphatic hydroxyl groups is 1. The normalized spacial score (nSPS) is 13.8. The minimum atomic E-state index is -4.97. The Bertz CT molecular complexity index is 2050. The number of phosphoric ester groups is 2. The Kier molecular flexibility index (Phi) is 77.9. The lowest BCUT2D eigenvalue weighted by molar-refractivity contribution is -0.161. The molecule has 0 aliphatic carbocycles. The van der Waals surface area contributed by atoms with Crippen LogP contribution in [-0.2, 0) is 65.4 Å². The van der Waals surface area contributed by atoms with Crippen LogP contribution in [0.5, 0.6) is 0 Å². The average molecular weight is 1560 g/mol. The van der Waals surface area contributed by atoms with Gasteiger partial charge in [0, 0.05) is 25.7 Å². The van der Waals surface area contributed by atoms with Gasteiger partial charge in [-0.1, -0.05) is 420 Å². The van der Waals surface area contributed by atoms with Gasteiger partial charge in [-0.3, -0.25) is 37.3 Å². The Hall–Kier alpha value is -1.94. The lowest BCUT2D eigenvalue weighted by Crippen LogP contribution is -2.30. The van der Waals surface area contributed by atoms with Crippen LogP contribution in [0.25, 0.3) is 0 Å². The number of aliphatic hydroxyl groups excluding tert-OH is 1. The molecule has 17 nitrogen and oxygen atoms in total. The van der Waals surface area contributed by atoms with Crippen LogP contribution in [0.3, 0.4) is 0 Å². The number of phosphoric acid groups is 2. The third-order valence-electron chi connectivity index (χ3n) is 20.7. The largest absolute Gasteiger partial charge is 0.472 e. The van der Waals surface area contributed by atoms with Crippen LogP contribution in [0.15, 0.2) is 0 Å². The molecule has 0 aromatic rings. The van der Waals surface area contributed by atoms with Gasteiger partial charge in [0.2, 0.25) is 0 Å². The number of ether oxygens (including phenoxy) is 4. The summed E-state index contributed by atoms with van der Waals surface area (Å²) in [5.74, 6) is -0.568. The number of rotatable bonds is 87. The van der Waals surface area contributed by atoms with E-state index in [-0.39, 0.29) is 25.7 Å². The first-order chi connectivity index (χ1) is 51.9. The molecule has 0 rings (SSSR count). The Morgan fingerprint density at radius 1 is 0.252 bits per heavy atom. The summed E-state index contributed by atoms with van der Waals surface area (Å²) in [6.45, 7) is 9.68. The fourth-order valence-corrected chi connectivity index (χ4v) is 15.4. The number of carbonyl (C=O) groups excluding carboxylic acids is 4. The molecule has 0 aliphatic heterocycles. The molecule has 0 bridgehead atoms. The summed E-state index contributed by atoms with van der Waals surface area (Å²) in [5.41, 5.74) is 0. The zero-order chi connectivity index (χ0) is 78.5. The summed E-state index contributed by atoms with van der Waals surface area (Å²) in [5, 5.41) is 10.7. The Balaban J connectivity index is 5.23. The van der Waals surface area contributed by atoms with Crippen molar-refractivity contribution in [3.63, 3.8) is 0 Å². The molecule has 0 saturated carbocycles. The second kappa shape index (κ2) is 79.3. The minimum Gasteiger partial charge on any atom is -0.462 e. The maximum atomic E-state index is 13.2. The zero-order valence-electron chi connectivity index (χ0n) is 70.5. The van der Waals surface area contributed by atoms with Crippen molar-refractivity contribution >= 4 is 39.5 Å². The van der Waals surface area contributed by atoms with E-state index in [0.29, 0.717) is 25.7 Å². The molecule has 0 saturated heterocycles. The van der Waals surface area contributed by atoms with E-state index in [1.807, 2.05) is 0 Å². The number of carbonyl (C=O) groups is 4. The van der Waals surface area contributed by atoms with Crippen LogP contribution in [-0.4, -0.2) is 96.7 Å². The van der Waals surface area contributed by atoms with Gasteiger partial charge in [-0.05, 0) is 37.5 Å². The maximum Gasteiger partial charge on any atom is 0.472 e. The first-order valence-corrected chi connectivity index (χ1v) is 48.5. The molecule has 3 N–H and O–H groups in total. The Morgan fingerprint density at radius 3 is 0.636 bits per heavy atom. The molecule has 19 heteroatoms. The second-order valence-corrected chi connectivity index (χ2v) is 35.5. The van der Waals surface area contributed by atoms with Crippen molar-refractivity contribution in [2.24, 2.45) is 11.8 Å². The summed E-state index contributed by atoms with van der Waals surface area (Å²) in [6.07, 6.45) is 72.3. The van der Waals surface area contributed by atoms with Gasteiger partial charge in [0.25, 0.3) is 0 Å². The van der Waals surface area contributed by atoms with Gasteiger partial charge in [-0.25, -0.2) is 9.13 Å². The number of hydrogen-bond donors (Lipinski definition) is 3. The number of hydrogen-bond acceptors (Lipinski definition) is 15. The van der Waals surface area contributed by atoms with Crippen LogP contribution < -0.4 is 0 Å². The van der Waals surface area contributed by atoms with E-state index in [2.05, 4.69) is 41.5 Å². The van der Waals surface area contributed by atoms with Crippen LogP contribution >= 0.6 is 15.6 Å². The van der Waals surface area contributed by atoms with Crippen molar-refractivity contribution < 1.29 is 80.2 Å². The van der Waals surface area contributed by atoms with Crippen molar-refractivity contribution in [3.05, 3.63) is 0 Å². The average Bonchev–Trinajstić information content (AvgIpc) is 0.903. The van der Waals surface area contributed by atoms with E-state index in [4.69, 9.17) is 37.0 Å². The fourth-order valence-electron chi connectivity index (χ4n) is 13.8. The van der Waals surface area contributed by atoms with Crippen molar-refractivity contribution in [3.8, 4) is 0 Å². The maximum absolute atomic E-state index is 13.2. The van der Waals surface area contributed by atoms with E-state index >= 15 is 0 Å². The second-order valence-electron chi connectivity index (χ2n) is 32.6. The monoisotopic (exact) mass is 1560 g/mol. The molecule has 0 amide bonds. The van der Waals surface area contributed by atoms with E-state index < -0.39 is 97.5 Å². The summed E-state index contributed by atoms with van der Waals surface area (Å²) < 4.78 is 69.0. The van der Waals surface area contributed by atoms with Crippen LogP contribution in [0.4, 0.5) is 0 Å². The first kappa shape index (κ1) is 105. The SMILES string of the molecule is CCCCCCCCCCCCCCCCCCCCCCCCC(=O)O[C@H](COC(=O)CCCCCCCCCCCCCCCCCC(C)C)COP(=O)(O)OC[C@@H](O)COP(=O)(O)OC[C@@H](COC(=O)CCCCCCCCCCC(C)C)OC(=O)CCCCCCCCCCCCCCCCCC. The summed E-state index contributed by atoms with van der Waals surface area (Å²) in [6, 6.07) is 0. The standard InChI is InChI=1S/C88H172O17P2/c1-7-9-11-13-15-17-19-21-23-25-26-27-28-29-30-34-39-43-47-55-61-67-73-87(92)104-83(76-98-85(90)70-64-58-52-45-41-37-35-31-32-36-40-44-50-56-62-68-80(3)4)78-102-106(94,95)100-74-82(89)75-101-107(96,97)103-79-84(77-99-86(91)71-65-59-53-49-48-51-57-63-69-81(5)6)105-88(93)72-66-60-54-46-42-38-33-24-22-20-18-16-14-12-10-8-2/h80-84,89H,7-79H2,1-6H3,(H,94,95)(H,96,97)/t82-,83-,84-/m1/s1. The molecule has 0 aliphatic rings. The van der Waals surface area contributed by atoms with E-state index in [1.165, 1.54) is 289 Å². The zero-order valence-corrected chi connectivity index (χ0v) is 72.2. The molecular formula is C88H172O17P2. The Morgan fingerprint density at radius 2 is 0.430 bits per heavy atom. The van der Waals surface area contributed by atoms with Gasteiger partial charge in [0.1, 0.15) is 19.3 Å². The van der Waals surface area contributed by atoms with Crippen LogP contribution in [0.2, 0.25) is 0 Å². The van der Waals surface area contributed by atoms with E-state index in [1.54, 1.807) is 0 Å². The van der Waals surface area contributed by atoms with Gasteiger partial charge in [-0.2, -0.15) is 0 Å². The molecule has 0 aromatic heterocycles. The molecule has 107 heavy (non-hydrogen) atoms. The van der Waals surface area contributed by atoms with Crippen LogP contribution in [0.1, 0.15) is 472 Å². The van der Waals surface area contributed by atoms with Gasteiger partial charge in [-0.15, -0.1) is 0 Å². The minimum absolute atomic E-state index is 0.108. The smallest absolute Gasteiger partial charge is 0.462 e. The van der Waals surface area contributed by atoms with E-state index in [0.717, 1.165) is 102 Å². The summed E-state index contributed by atoms with van der Waals surface area (Å²) in [4.78, 5) is 73.3. The van der Waals surface area contributed by atoms with Gasteiger partial charge >= 0.3 is 39.5 Å². The van der Waals surface area contributed by atoms with Crippen molar-refractivity contribution in [1.29, 1.82) is 0 Å². The quantitative estimate of drug-likeness (QED) is 0.0222. The molecule has 0 fully saturated rings. The van der Waals surface area contributed by atoms with Crippen molar-refractivity contribution in [2.45, 2.75) is 490 Å². The van der Waals surface area contributed by atoms with Crippen molar-refractivity contribution in [2.75, 3.05) is 39.6 Å². The van der Waals surface area contributed by atoms with E-state index in [9.17, 15) is 43.2 Å². The molecular weight excluding hydrogens is 1390 g/mol. The third-order valence-corrected chi connectivity index (χ3v) is 22.6. The molecule has 0 heterocycles. The van der Waals surface area contributed by atoms with Gasteiger partial charge < -0.3 is 33.8 Å². The van der Waals surface area contributed by atoms with Crippen molar-refractivity contribution in [1.82, 2.24) is 0 Å². The highest BCUT2D eigenvalue weighted by Gasteiger charge is 2.30. The van der Waals surface area contributed by atoms with Crippen LogP contribution in [0, 0.1) is 11.8 Å². The highest BCUT2D eigenvalue weighted by molar-refractivity contribution is 7.47. The first-order valence-electron chi connectivity index (χ1n) is 45.5. The molecule has 0 spiro atoms.